The van der Waals surface area contributed by atoms with E-state index >= 15 is 0 Å². The van der Waals surface area contributed by atoms with Crippen molar-refractivity contribution in [3.05, 3.63) is 40.3 Å². The van der Waals surface area contributed by atoms with Crippen LogP contribution in [0.3, 0.4) is 0 Å². The van der Waals surface area contributed by atoms with Gasteiger partial charge in [-0.25, -0.2) is 4.98 Å². The highest BCUT2D eigenvalue weighted by Gasteiger charge is 2.21. The Balaban J connectivity index is 2.31. The van der Waals surface area contributed by atoms with E-state index < -0.39 is 6.10 Å². The molecular weight excluding hydrogens is 326 g/mol. The van der Waals surface area contributed by atoms with Crippen molar-refractivity contribution in [2.24, 2.45) is 0 Å². The van der Waals surface area contributed by atoms with Crippen LogP contribution in [-0.2, 0) is 11.3 Å². The molecule has 0 aliphatic rings. The van der Waals surface area contributed by atoms with Crippen LogP contribution in [0.5, 0.6) is 5.88 Å². The van der Waals surface area contributed by atoms with Crippen molar-refractivity contribution in [1.29, 1.82) is 0 Å². The topological polar surface area (TPSA) is 69.4 Å². The van der Waals surface area contributed by atoms with Gasteiger partial charge < -0.3 is 14.6 Å². The molecule has 7 heteroatoms. The molecule has 1 atom stereocenters. The lowest BCUT2D eigenvalue weighted by atomic mass is 10.1. The SMILES string of the molecule is COCCn1ncc(Br)c1C(O)c1cccc(OC)n1. The molecule has 0 saturated heterocycles. The molecule has 20 heavy (non-hydrogen) atoms. The van der Waals surface area contributed by atoms with Crippen LogP contribution in [0.2, 0.25) is 0 Å². The van der Waals surface area contributed by atoms with Crippen molar-refractivity contribution in [3.63, 3.8) is 0 Å². The maximum Gasteiger partial charge on any atom is 0.213 e. The zero-order valence-corrected chi connectivity index (χ0v) is 12.9. The molecule has 1 unspecified atom stereocenters. The van der Waals surface area contributed by atoms with Gasteiger partial charge in [0.1, 0.15) is 6.10 Å². The first-order chi connectivity index (χ1) is 9.67. The molecule has 1 N–H and O–H groups in total. The maximum atomic E-state index is 10.5. The summed E-state index contributed by atoms with van der Waals surface area (Å²) in [6.45, 7) is 1.07. The van der Waals surface area contributed by atoms with E-state index in [9.17, 15) is 5.11 Å². The monoisotopic (exact) mass is 341 g/mol. The van der Waals surface area contributed by atoms with Crippen LogP contribution in [-0.4, -0.2) is 40.7 Å². The van der Waals surface area contributed by atoms with Gasteiger partial charge in [0, 0.05) is 13.2 Å². The Hall–Kier alpha value is -1.44. The minimum atomic E-state index is -0.890. The average molecular weight is 342 g/mol. The first-order valence-electron chi connectivity index (χ1n) is 6.06. The van der Waals surface area contributed by atoms with E-state index in [0.717, 1.165) is 4.47 Å². The van der Waals surface area contributed by atoms with E-state index in [1.165, 1.54) is 7.11 Å². The maximum absolute atomic E-state index is 10.5. The zero-order valence-electron chi connectivity index (χ0n) is 11.3. The third-order valence-corrected chi connectivity index (χ3v) is 3.44. The zero-order chi connectivity index (χ0) is 14.5. The standard InChI is InChI=1S/C13H16BrN3O3/c1-19-7-6-17-12(9(14)8-15-17)13(18)10-4-3-5-11(16-10)20-2/h3-5,8,13,18H,6-7H2,1-2H3. The summed E-state index contributed by atoms with van der Waals surface area (Å²) in [7, 11) is 3.16. The number of rotatable bonds is 6. The number of hydrogen-bond donors (Lipinski definition) is 1. The number of halogens is 1. The van der Waals surface area contributed by atoms with Crippen LogP contribution in [0.25, 0.3) is 0 Å². The Bertz CT molecular complexity index is 574. The molecule has 108 valence electrons. The van der Waals surface area contributed by atoms with Crippen LogP contribution in [0, 0.1) is 0 Å². The summed E-state index contributed by atoms with van der Waals surface area (Å²) in [5, 5.41) is 14.7. The summed E-state index contributed by atoms with van der Waals surface area (Å²) < 4.78 is 12.5. The molecule has 2 aromatic heterocycles. The second-order valence-corrected chi connectivity index (χ2v) is 4.96. The number of pyridine rings is 1. The minimum Gasteiger partial charge on any atom is -0.481 e. The Morgan fingerprint density at radius 2 is 2.20 bits per heavy atom. The molecule has 0 amide bonds. The number of aromatic nitrogens is 3. The fraction of sp³-hybridized carbons (Fsp3) is 0.385. The van der Waals surface area contributed by atoms with Crippen LogP contribution in [0.1, 0.15) is 17.5 Å². The molecule has 0 radical (unpaired) electrons. The van der Waals surface area contributed by atoms with Crippen LogP contribution < -0.4 is 4.74 Å². The quantitative estimate of drug-likeness (QED) is 0.867. The number of aliphatic hydroxyl groups excluding tert-OH is 1. The lowest BCUT2D eigenvalue weighted by molar-refractivity contribution is 0.169. The smallest absolute Gasteiger partial charge is 0.213 e. The van der Waals surface area contributed by atoms with Crippen LogP contribution >= 0.6 is 15.9 Å². The van der Waals surface area contributed by atoms with Crippen molar-refractivity contribution >= 4 is 15.9 Å². The summed E-state index contributed by atoms with van der Waals surface area (Å²) >= 11 is 3.40. The normalized spacial score (nSPS) is 12.4. The molecule has 0 aromatic carbocycles. The van der Waals surface area contributed by atoms with Gasteiger partial charge in [0.25, 0.3) is 0 Å². The number of methoxy groups -OCH3 is 2. The molecule has 0 spiro atoms. The van der Waals surface area contributed by atoms with Gasteiger partial charge in [0.2, 0.25) is 5.88 Å². The largest absolute Gasteiger partial charge is 0.481 e. The number of hydrogen-bond acceptors (Lipinski definition) is 5. The van der Waals surface area contributed by atoms with Gasteiger partial charge in [0.05, 0.1) is 42.3 Å². The van der Waals surface area contributed by atoms with Crippen molar-refractivity contribution < 1.29 is 14.6 Å². The van der Waals surface area contributed by atoms with Crippen molar-refractivity contribution in [1.82, 2.24) is 14.8 Å². The Morgan fingerprint density at radius 1 is 1.40 bits per heavy atom. The van der Waals surface area contributed by atoms with Gasteiger partial charge in [-0.1, -0.05) is 6.07 Å². The molecule has 0 saturated carbocycles. The van der Waals surface area contributed by atoms with E-state index in [1.54, 1.807) is 36.2 Å². The number of aliphatic hydroxyl groups is 1. The summed E-state index contributed by atoms with van der Waals surface area (Å²) in [5.41, 5.74) is 1.15. The fourth-order valence-electron chi connectivity index (χ4n) is 1.84. The predicted molar refractivity (Wildman–Crippen MR) is 76.7 cm³/mol. The first kappa shape index (κ1) is 15.0. The molecule has 6 nitrogen and oxygen atoms in total. The van der Waals surface area contributed by atoms with Crippen LogP contribution in [0.15, 0.2) is 28.9 Å². The molecule has 2 aromatic rings. The van der Waals surface area contributed by atoms with Gasteiger partial charge in [-0.05, 0) is 22.0 Å². The lowest BCUT2D eigenvalue weighted by Gasteiger charge is -2.14. The van der Waals surface area contributed by atoms with E-state index in [0.29, 0.717) is 30.4 Å². The minimum absolute atomic E-state index is 0.459. The third kappa shape index (κ3) is 3.17. The highest BCUT2D eigenvalue weighted by molar-refractivity contribution is 9.10. The molecule has 2 heterocycles. The van der Waals surface area contributed by atoms with Gasteiger partial charge in [0.15, 0.2) is 0 Å². The predicted octanol–water partition coefficient (Wildman–Crippen LogP) is 1.78. The summed E-state index contributed by atoms with van der Waals surface area (Å²) in [5.74, 6) is 0.459. The highest BCUT2D eigenvalue weighted by atomic mass is 79.9. The Labute approximate surface area is 125 Å². The summed E-state index contributed by atoms with van der Waals surface area (Å²) in [4.78, 5) is 4.24. The summed E-state index contributed by atoms with van der Waals surface area (Å²) in [6, 6.07) is 5.26. The fourth-order valence-corrected chi connectivity index (χ4v) is 2.35. The van der Waals surface area contributed by atoms with E-state index in [4.69, 9.17) is 9.47 Å². The molecular formula is C13H16BrN3O3. The van der Waals surface area contributed by atoms with Crippen molar-refractivity contribution in [3.8, 4) is 5.88 Å². The number of nitrogens with zero attached hydrogens (tertiary/aromatic N) is 3. The molecule has 2 rings (SSSR count). The van der Waals surface area contributed by atoms with Gasteiger partial charge in [-0.3, -0.25) is 4.68 Å². The lowest BCUT2D eigenvalue weighted by Crippen LogP contribution is -2.14. The molecule has 0 aliphatic heterocycles. The van der Waals surface area contributed by atoms with E-state index in [-0.39, 0.29) is 0 Å². The molecule has 0 fully saturated rings. The second-order valence-electron chi connectivity index (χ2n) is 4.10. The van der Waals surface area contributed by atoms with Gasteiger partial charge >= 0.3 is 0 Å². The van der Waals surface area contributed by atoms with Gasteiger partial charge in [-0.15, -0.1) is 0 Å². The van der Waals surface area contributed by atoms with E-state index in [2.05, 4.69) is 26.0 Å². The van der Waals surface area contributed by atoms with Crippen molar-refractivity contribution in [2.45, 2.75) is 12.6 Å². The first-order valence-corrected chi connectivity index (χ1v) is 6.85. The van der Waals surface area contributed by atoms with Gasteiger partial charge in [-0.2, -0.15) is 5.10 Å². The van der Waals surface area contributed by atoms with Crippen LogP contribution in [0.4, 0.5) is 0 Å². The Morgan fingerprint density at radius 3 is 2.90 bits per heavy atom. The average Bonchev–Trinajstić information content (AvgIpc) is 2.85. The van der Waals surface area contributed by atoms with Crippen molar-refractivity contribution in [2.75, 3.05) is 20.8 Å². The third-order valence-electron chi connectivity index (χ3n) is 2.83. The molecule has 0 bridgehead atoms. The molecule has 0 aliphatic carbocycles. The summed E-state index contributed by atoms with van der Waals surface area (Å²) in [6.07, 6.45) is 0.757. The second kappa shape index (κ2) is 6.83. The Kier molecular flexibility index (Phi) is 5.11. The van der Waals surface area contributed by atoms with E-state index in [1.807, 2.05) is 0 Å². The number of ether oxygens (including phenoxy) is 2. The highest BCUT2D eigenvalue weighted by Crippen LogP contribution is 2.28.